The molecule has 1 amide bonds. The van der Waals surface area contributed by atoms with Crippen molar-refractivity contribution in [2.75, 3.05) is 18.5 Å². The van der Waals surface area contributed by atoms with Crippen molar-refractivity contribution in [3.63, 3.8) is 0 Å². The molecule has 5 rings (SSSR count). The van der Waals surface area contributed by atoms with Gasteiger partial charge in [-0.15, -0.1) is 10.2 Å². The van der Waals surface area contributed by atoms with Crippen molar-refractivity contribution in [1.82, 2.24) is 24.5 Å². The maximum Gasteiger partial charge on any atom is 0.416 e. The molecular weight excluding hydrogens is 449 g/mol. The molecule has 0 aliphatic carbocycles. The van der Waals surface area contributed by atoms with E-state index in [9.17, 15) is 18.0 Å². The minimum absolute atomic E-state index is 0.00143. The lowest BCUT2D eigenvalue weighted by atomic mass is 9.87. The summed E-state index contributed by atoms with van der Waals surface area (Å²) in [6.07, 6.45) is -4.43. The summed E-state index contributed by atoms with van der Waals surface area (Å²) in [7, 11) is 0. The number of rotatable bonds is 4. The number of hydrogen-bond donors (Lipinski definition) is 1. The number of nitrogens with one attached hydrogen (secondary N) is 1. The molecule has 8 nitrogen and oxygen atoms in total. The van der Waals surface area contributed by atoms with Crippen LogP contribution in [0.2, 0.25) is 0 Å². The summed E-state index contributed by atoms with van der Waals surface area (Å²) < 4.78 is 47.4. The summed E-state index contributed by atoms with van der Waals surface area (Å²) >= 11 is 0. The van der Waals surface area contributed by atoms with Gasteiger partial charge in [-0.25, -0.2) is 0 Å². The van der Waals surface area contributed by atoms with Gasteiger partial charge in [-0.3, -0.25) is 9.20 Å². The molecule has 4 heterocycles. The quantitative estimate of drug-likeness (QED) is 0.619. The highest BCUT2D eigenvalue weighted by molar-refractivity contribution is 5.84. The first-order valence-electron chi connectivity index (χ1n) is 11.0. The van der Waals surface area contributed by atoms with Crippen LogP contribution in [0.5, 0.6) is 0 Å². The largest absolute Gasteiger partial charge is 0.416 e. The van der Waals surface area contributed by atoms with Gasteiger partial charge in [0.1, 0.15) is 11.6 Å². The van der Waals surface area contributed by atoms with Crippen LogP contribution >= 0.6 is 0 Å². The van der Waals surface area contributed by atoms with Crippen molar-refractivity contribution in [3.8, 4) is 0 Å². The summed E-state index contributed by atoms with van der Waals surface area (Å²) in [5, 5.41) is 11.5. The number of alkyl halides is 3. The molecule has 11 heteroatoms. The fourth-order valence-electron chi connectivity index (χ4n) is 4.83. The molecule has 180 valence electrons. The number of anilines is 1. The standard InChI is InChI=1S/C23H25F3N6O2/c1-12-15(6-5-7-17(12)23(24,25)26)13(2)27-19-16-8-31(20(33)22(4)10-34-11-22)9-18(16)32-14(3)29-30-21(32)28-19/h5-7,13H,8-11H2,1-4H3,(H,27,28,30)/t13-/m1/s1. The number of hydrogen-bond acceptors (Lipinski definition) is 6. The molecule has 2 aliphatic rings. The first kappa shape index (κ1) is 22.6. The maximum absolute atomic E-state index is 13.4. The number of halogens is 3. The number of aryl methyl sites for hydroxylation is 1. The molecule has 0 unspecified atom stereocenters. The highest BCUT2D eigenvalue weighted by atomic mass is 19.4. The van der Waals surface area contributed by atoms with Gasteiger partial charge < -0.3 is 15.0 Å². The Kier molecular flexibility index (Phi) is 5.08. The van der Waals surface area contributed by atoms with Crippen LogP contribution in [0, 0.1) is 19.3 Å². The van der Waals surface area contributed by atoms with Gasteiger partial charge in [-0.2, -0.15) is 18.2 Å². The van der Waals surface area contributed by atoms with Gasteiger partial charge in [0.15, 0.2) is 0 Å². The van der Waals surface area contributed by atoms with Gasteiger partial charge in [-0.1, -0.05) is 12.1 Å². The minimum Gasteiger partial charge on any atom is -0.379 e. The Morgan fingerprint density at radius 3 is 2.59 bits per heavy atom. The summed E-state index contributed by atoms with van der Waals surface area (Å²) in [5.74, 6) is 1.52. The molecule has 1 saturated heterocycles. The summed E-state index contributed by atoms with van der Waals surface area (Å²) in [6.45, 7) is 8.44. The number of carbonyl (C=O) groups is 1. The van der Waals surface area contributed by atoms with Crippen LogP contribution in [0.1, 0.15) is 53.7 Å². The number of fused-ring (bicyclic) bond motifs is 3. The summed E-state index contributed by atoms with van der Waals surface area (Å²) in [5.41, 5.74) is 1.14. The van der Waals surface area contributed by atoms with Crippen molar-refractivity contribution in [3.05, 3.63) is 52.0 Å². The van der Waals surface area contributed by atoms with E-state index in [4.69, 9.17) is 4.74 Å². The average molecular weight is 474 g/mol. The molecular formula is C23H25F3N6O2. The fraction of sp³-hybridized carbons (Fsp3) is 0.478. The third-order valence-corrected chi connectivity index (χ3v) is 6.76. The Labute approximate surface area is 194 Å². The van der Waals surface area contributed by atoms with Crippen molar-refractivity contribution >= 4 is 17.5 Å². The first-order chi connectivity index (χ1) is 16.0. The van der Waals surface area contributed by atoms with Crippen LogP contribution in [0.3, 0.4) is 0 Å². The second-order valence-electron chi connectivity index (χ2n) is 9.37. The van der Waals surface area contributed by atoms with Crippen molar-refractivity contribution < 1.29 is 22.7 Å². The van der Waals surface area contributed by atoms with E-state index in [1.54, 1.807) is 17.9 Å². The monoisotopic (exact) mass is 474 g/mol. The molecule has 1 N–H and O–H groups in total. The summed E-state index contributed by atoms with van der Waals surface area (Å²) in [4.78, 5) is 19.5. The molecule has 1 fully saturated rings. The normalized spacial score (nSPS) is 18.0. The van der Waals surface area contributed by atoms with Crippen LogP contribution in [-0.2, 0) is 28.8 Å². The zero-order valence-corrected chi connectivity index (χ0v) is 19.3. The lowest BCUT2D eigenvalue weighted by molar-refractivity contribution is -0.169. The Hall–Kier alpha value is -3.21. The molecule has 1 aromatic carbocycles. The van der Waals surface area contributed by atoms with Crippen molar-refractivity contribution in [2.45, 2.75) is 53.0 Å². The van der Waals surface area contributed by atoms with E-state index < -0.39 is 23.2 Å². The van der Waals surface area contributed by atoms with Gasteiger partial charge in [-0.05, 0) is 44.9 Å². The van der Waals surface area contributed by atoms with Crippen LogP contribution in [0.25, 0.3) is 5.78 Å². The van der Waals surface area contributed by atoms with Crippen LogP contribution < -0.4 is 5.32 Å². The maximum atomic E-state index is 13.4. The molecule has 0 saturated carbocycles. The number of amides is 1. The zero-order valence-electron chi connectivity index (χ0n) is 19.3. The predicted octanol–water partition coefficient (Wildman–Crippen LogP) is 3.81. The van der Waals surface area contributed by atoms with Crippen LogP contribution in [-0.4, -0.2) is 43.6 Å². The second-order valence-corrected chi connectivity index (χ2v) is 9.37. The number of aromatic nitrogens is 4. The van der Waals surface area contributed by atoms with Gasteiger partial charge in [0, 0.05) is 5.56 Å². The Morgan fingerprint density at radius 2 is 1.94 bits per heavy atom. The number of nitrogens with zero attached hydrogens (tertiary/aromatic N) is 5. The lowest BCUT2D eigenvalue weighted by Gasteiger charge is -2.39. The molecule has 2 aliphatic heterocycles. The predicted molar refractivity (Wildman–Crippen MR) is 117 cm³/mol. The minimum atomic E-state index is -4.43. The first-order valence-corrected chi connectivity index (χ1v) is 11.0. The average Bonchev–Trinajstić information content (AvgIpc) is 3.34. The molecule has 34 heavy (non-hydrogen) atoms. The van der Waals surface area contributed by atoms with E-state index >= 15 is 0 Å². The van der Waals surface area contributed by atoms with Gasteiger partial charge in [0.25, 0.3) is 5.78 Å². The third kappa shape index (κ3) is 3.49. The number of ether oxygens (including phenoxy) is 1. The Morgan fingerprint density at radius 1 is 1.21 bits per heavy atom. The van der Waals surface area contributed by atoms with Gasteiger partial charge in [0.05, 0.1) is 49.0 Å². The molecule has 2 aromatic heterocycles. The Bertz CT molecular complexity index is 1300. The molecule has 3 aromatic rings. The molecule has 0 bridgehead atoms. The summed E-state index contributed by atoms with van der Waals surface area (Å²) in [6, 6.07) is 3.71. The van der Waals surface area contributed by atoms with E-state index in [0.717, 1.165) is 17.3 Å². The van der Waals surface area contributed by atoms with E-state index in [1.807, 2.05) is 18.2 Å². The lowest BCUT2D eigenvalue weighted by Crippen LogP contribution is -2.52. The van der Waals surface area contributed by atoms with E-state index in [0.29, 0.717) is 49.3 Å². The van der Waals surface area contributed by atoms with Gasteiger partial charge >= 0.3 is 6.18 Å². The zero-order chi connectivity index (χ0) is 24.4. The highest BCUT2D eigenvalue weighted by Crippen LogP contribution is 2.38. The van der Waals surface area contributed by atoms with Crippen LogP contribution in [0.15, 0.2) is 18.2 Å². The topological polar surface area (TPSA) is 84.7 Å². The smallest absolute Gasteiger partial charge is 0.379 e. The second kappa shape index (κ2) is 7.66. The molecule has 0 spiro atoms. The highest BCUT2D eigenvalue weighted by Gasteiger charge is 2.45. The van der Waals surface area contributed by atoms with Crippen molar-refractivity contribution in [2.24, 2.45) is 5.41 Å². The SMILES string of the molecule is Cc1c([C@@H](C)Nc2nc3nnc(C)n3c3c2CN(C(=O)C2(C)COC2)C3)cccc1C(F)(F)F. The molecule has 1 atom stereocenters. The van der Waals surface area contributed by atoms with E-state index in [-0.39, 0.29) is 11.5 Å². The number of carbonyl (C=O) groups excluding carboxylic acids is 1. The fourth-order valence-corrected chi connectivity index (χ4v) is 4.83. The van der Waals surface area contributed by atoms with Crippen molar-refractivity contribution in [1.29, 1.82) is 0 Å². The van der Waals surface area contributed by atoms with Gasteiger partial charge in [0.2, 0.25) is 5.91 Å². The Balaban J connectivity index is 1.52. The van der Waals surface area contributed by atoms with E-state index in [2.05, 4.69) is 20.5 Å². The molecule has 0 radical (unpaired) electrons. The van der Waals surface area contributed by atoms with E-state index in [1.165, 1.54) is 13.0 Å². The van der Waals surface area contributed by atoms with Crippen LogP contribution in [0.4, 0.5) is 19.0 Å². The number of benzene rings is 1. The third-order valence-electron chi connectivity index (χ3n) is 6.76.